The van der Waals surface area contributed by atoms with E-state index in [1.54, 1.807) is 4.31 Å². The zero-order valence-corrected chi connectivity index (χ0v) is 10.8. The fraction of sp³-hybridized carbons (Fsp3) is 1.00. The number of sulfonamides is 1. The molecule has 0 aromatic carbocycles. The van der Waals surface area contributed by atoms with Gasteiger partial charge in [0.25, 0.3) is 0 Å². The molecular formula is C11H22N2O2S. The molecule has 1 N–H and O–H groups in total. The summed E-state index contributed by atoms with van der Waals surface area (Å²) in [5.41, 5.74) is 0. The Balaban J connectivity index is 2.03. The molecule has 2 fully saturated rings. The number of nitrogens with zero attached hydrogens (tertiary/aromatic N) is 1. The van der Waals surface area contributed by atoms with Gasteiger partial charge in [-0.25, -0.2) is 8.42 Å². The lowest BCUT2D eigenvalue weighted by Crippen LogP contribution is -2.46. The van der Waals surface area contributed by atoms with E-state index >= 15 is 0 Å². The van der Waals surface area contributed by atoms with E-state index in [9.17, 15) is 8.42 Å². The summed E-state index contributed by atoms with van der Waals surface area (Å²) in [7, 11) is -1.04. The van der Waals surface area contributed by atoms with E-state index in [0.717, 1.165) is 45.2 Å². The highest BCUT2D eigenvalue weighted by Crippen LogP contribution is 2.34. The Bertz CT molecular complexity index is 325. The Hall–Kier alpha value is -0.130. The first kappa shape index (κ1) is 12.3. The van der Waals surface area contributed by atoms with Crippen LogP contribution in [0.15, 0.2) is 0 Å². The first-order valence-electron chi connectivity index (χ1n) is 6.31. The molecule has 2 rings (SSSR count). The minimum Gasteiger partial charge on any atom is -0.320 e. The van der Waals surface area contributed by atoms with Crippen molar-refractivity contribution in [3.63, 3.8) is 0 Å². The zero-order valence-electron chi connectivity index (χ0n) is 9.98. The second kappa shape index (κ2) is 5.02. The average molecular weight is 246 g/mol. The second-order valence-electron chi connectivity index (χ2n) is 4.90. The van der Waals surface area contributed by atoms with Crippen LogP contribution in [0.5, 0.6) is 0 Å². The third-order valence-corrected chi connectivity index (χ3v) is 6.02. The van der Waals surface area contributed by atoms with E-state index in [-0.39, 0.29) is 11.3 Å². The minimum absolute atomic E-state index is 0.0531. The van der Waals surface area contributed by atoms with Crippen LogP contribution in [-0.2, 0) is 10.0 Å². The fourth-order valence-electron chi connectivity index (χ4n) is 2.47. The number of hydrogen-bond acceptors (Lipinski definition) is 3. The molecule has 1 atom stereocenters. The maximum atomic E-state index is 12.2. The molecule has 0 aromatic heterocycles. The number of nitrogens with one attached hydrogen (secondary N) is 1. The molecular weight excluding hydrogens is 224 g/mol. The van der Waals surface area contributed by atoms with Crippen LogP contribution in [0.4, 0.5) is 0 Å². The van der Waals surface area contributed by atoms with E-state index in [0.29, 0.717) is 0 Å². The monoisotopic (exact) mass is 246 g/mol. The van der Waals surface area contributed by atoms with Crippen molar-refractivity contribution in [2.75, 3.05) is 20.1 Å². The van der Waals surface area contributed by atoms with Gasteiger partial charge >= 0.3 is 0 Å². The van der Waals surface area contributed by atoms with Crippen molar-refractivity contribution >= 4 is 10.0 Å². The van der Waals surface area contributed by atoms with Gasteiger partial charge in [-0.3, -0.25) is 0 Å². The van der Waals surface area contributed by atoms with Gasteiger partial charge in [0, 0.05) is 12.6 Å². The molecule has 2 aliphatic rings. The van der Waals surface area contributed by atoms with Crippen molar-refractivity contribution in [1.82, 2.24) is 9.62 Å². The van der Waals surface area contributed by atoms with Crippen LogP contribution in [0.25, 0.3) is 0 Å². The van der Waals surface area contributed by atoms with E-state index in [1.807, 2.05) is 7.05 Å². The van der Waals surface area contributed by atoms with Gasteiger partial charge in [-0.05, 0) is 45.7 Å². The molecule has 94 valence electrons. The molecule has 1 heterocycles. The van der Waals surface area contributed by atoms with E-state index in [1.165, 1.54) is 6.42 Å². The SMILES string of the molecule is CNCCC1CCCCN1S(=O)(=O)C1CC1. The third-order valence-electron chi connectivity index (χ3n) is 3.57. The molecule has 0 spiro atoms. The smallest absolute Gasteiger partial charge is 0.217 e. The van der Waals surface area contributed by atoms with Gasteiger partial charge < -0.3 is 5.32 Å². The van der Waals surface area contributed by atoms with E-state index in [2.05, 4.69) is 5.32 Å². The highest BCUT2D eigenvalue weighted by Gasteiger charge is 2.43. The molecule has 0 amide bonds. The van der Waals surface area contributed by atoms with E-state index < -0.39 is 10.0 Å². The molecule has 1 aliphatic heterocycles. The standard InChI is InChI=1S/C11H22N2O2S/c1-12-8-7-10-4-2-3-9-13(10)16(14,15)11-5-6-11/h10-12H,2-9H2,1H3. The molecule has 4 nitrogen and oxygen atoms in total. The summed E-state index contributed by atoms with van der Waals surface area (Å²) in [6.45, 7) is 1.65. The lowest BCUT2D eigenvalue weighted by molar-refractivity contribution is 0.240. The van der Waals surface area contributed by atoms with Crippen molar-refractivity contribution in [1.29, 1.82) is 0 Å². The maximum Gasteiger partial charge on any atom is 0.217 e. The Morgan fingerprint density at radius 1 is 1.25 bits per heavy atom. The minimum atomic E-state index is -2.96. The van der Waals surface area contributed by atoms with Gasteiger partial charge in [-0.1, -0.05) is 6.42 Å². The topological polar surface area (TPSA) is 49.4 Å². The van der Waals surface area contributed by atoms with E-state index in [4.69, 9.17) is 0 Å². The van der Waals surface area contributed by atoms with Crippen LogP contribution in [0.2, 0.25) is 0 Å². The number of piperidine rings is 1. The van der Waals surface area contributed by atoms with Crippen molar-refractivity contribution in [3.8, 4) is 0 Å². The molecule has 0 bridgehead atoms. The lowest BCUT2D eigenvalue weighted by Gasteiger charge is -2.34. The van der Waals surface area contributed by atoms with Crippen molar-refractivity contribution in [2.24, 2.45) is 0 Å². The summed E-state index contributed by atoms with van der Waals surface area (Å²) in [6.07, 6.45) is 5.93. The summed E-state index contributed by atoms with van der Waals surface area (Å²) >= 11 is 0. The molecule has 1 aliphatic carbocycles. The Morgan fingerprint density at radius 2 is 2.00 bits per heavy atom. The molecule has 0 radical (unpaired) electrons. The highest BCUT2D eigenvalue weighted by molar-refractivity contribution is 7.90. The summed E-state index contributed by atoms with van der Waals surface area (Å²) < 4.78 is 26.3. The normalized spacial score (nSPS) is 28.2. The summed E-state index contributed by atoms with van der Waals surface area (Å²) in [6, 6.07) is 0.242. The molecule has 1 unspecified atom stereocenters. The average Bonchev–Trinajstić information content (AvgIpc) is 3.10. The van der Waals surface area contributed by atoms with Crippen LogP contribution in [-0.4, -0.2) is 44.2 Å². The fourth-order valence-corrected chi connectivity index (χ4v) is 4.59. The molecule has 1 saturated carbocycles. The maximum absolute atomic E-state index is 12.2. The summed E-state index contributed by atoms with van der Waals surface area (Å²) in [5, 5.41) is 3.06. The molecule has 1 saturated heterocycles. The highest BCUT2D eigenvalue weighted by atomic mass is 32.2. The van der Waals surface area contributed by atoms with Crippen LogP contribution in [0.3, 0.4) is 0 Å². The predicted molar refractivity (Wildman–Crippen MR) is 64.8 cm³/mol. The Labute approximate surface area is 98.4 Å². The predicted octanol–water partition coefficient (Wildman–Crippen LogP) is 0.943. The van der Waals surface area contributed by atoms with Crippen LogP contribution in [0, 0.1) is 0 Å². The molecule has 0 aromatic rings. The van der Waals surface area contributed by atoms with Gasteiger partial charge in [0.05, 0.1) is 5.25 Å². The summed E-state index contributed by atoms with van der Waals surface area (Å²) in [4.78, 5) is 0. The molecule has 5 heteroatoms. The Kier molecular flexibility index (Phi) is 3.87. The number of hydrogen-bond donors (Lipinski definition) is 1. The van der Waals surface area contributed by atoms with Crippen molar-refractivity contribution in [3.05, 3.63) is 0 Å². The van der Waals surface area contributed by atoms with Crippen LogP contribution >= 0.6 is 0 Å². The van der Waals surface area contributed by atoms with Crippen LogP contribution < -0.4 is 5.32 Å². The van der Waals surface area contributed by atoms with Gasteiger partial charge in [-0.2, -0.15) is 4.31 Å². The third kappa shape index (κ3) is 2.57. The van der Waals surface area contributed by atoms with Gasteiger partial charge in [0.2, 0.25) is 10.0 Å². The zero-order chi connectivity index (χ0) is 11.6. The van der Waals surface area contributed by atoms with Crippen LogP contribution in [0.1, 0.15) is 38.5 Å². The van der Waals surface area contributed by atoms with Gasteiger partial charge in [0.1, 0.15) is 0 Å². The lowest BCUT2D eigenvalue weighted by atomic mass is 10.0. The second-order valence-corrected chi connectivity index (χ2v) is 7.06. The first-order valence-corrected chi connectivity index (χ1v) is 7.82. The van der Waals surface area contributed by atoms with Gasteiger partial charge in [-0.15, -0.1) is 0 Å². The largest absolute Gasteiger partial charge is 0.320 e. The first-order chi connectivity index (χ1) is 7.66. The molecule has 16 heavy (non-hydrogen) atoms. The summed E-state index contributed by atoms with van der Waals surface area (Å²) in [5.74, 6) is 0. The quantitative estimate of drug-likeness (QED) is 0.785. The van der Waals surface area contributed by atoms with Crippen molar-refractivity contribution in [2.45, 2.75) is 49.8 Å². The van der Waals surface area contributed by atoms with Gasteiger partial charge in [0.15, 0.2) is 0 Å². The van der Waals surface area contributed by atoms with Crippen molar-refractivity contribution < 1.29 is 8.42 Å². The number of rotatable bonds is 5. The Morgan fingerprint density at radius 3 is 2.62 bits per heavy atom.